The molecule has 306 valence electrons. The van der Waals surface area contributed by atoms with Crippen molar-refractivity contribution >= 4 is 11.9 Å². The van der Waals surface area contributed by atoms with Gasteiger partial charge in [0.25, 0.3) is 0 Å². The van der Waals surface area contributed by atoms with Crippen LogP contribution in [0.15, 0.2) is 60.8 Å². The minimum absolute atomic E-state index is 0.0647. The third kappa shape index (κ3) is 42.2. The maximum atomic E-state index is 12.1. The Hall–Kier alpha value is -2.40. The van der Waals surface area contributed by atoms with Crippen molar-refractivity contribution in [1.29, 1.82) is 0 Å². The number of hydrogen-bond acceptors (Lipinski definition) is 5. The van der Waals surface area contributed by atoms with Crippen molar-refractivity contribution in [2.24, 2.45) is 0 Å². The smallest absolute Gasteiger partial charge is 0.306 e. The van der Waals surface area contributed by atoms with E-state index >= 15 is 0 Å². The second kappa shape index (κ2) is 44.0. The minimum atomic E-state index is -0.766. The van der Waals surface area contributed by atoms with Gasteiger partial charge >= 0.3 is 11.9 Å². The highest BCUT2D eigenvalue weighted by Crippen LogP contribution is 2.15. The first-order chi connectivity index (χ1) is 26.1. The first kappa shape index (κ1) is 50.6. The van der Waals surface area contributed by atoms with Gasteiger partial charge in [0.2, 0.25) is 0 Å². The lowest BCUT2D eigenvalue weighted by Gasteiger charge is -2.15. The van der Waals surface area contributed by atoms with Gasteiger partial charge in [0.1, 0.15) is 6.61 Å². The Balaban J connectivity index is 3.42. The van der Waals surface area contributed by atoms with Crippen molar-refractivity contribution in [3.05, 3.63) is 60.8 Å². The van der Waals surface area contributed by atoms with E-state index < -0.39 is 6.10 Å². The molecule has 53 heavy (non-hydrogen) atoms. The third-order valence-corrected chi connectivity index (χ3v) is 9.58. The lowest BCUT2D eigenvalue weighted by atomic mass is 10.0. The number of aliphatic hydroxyl groups excluding tert-OH is 1. The Bertz CT molecular complexity index is 930. The molecular weight excluding hydrogens is 657 g/mol. The summed E-state index contributed by atoms with van der Waals surface area (Å²) in [6.07, 6.45) is 57.7. The lowest BCUT2D eigenvalue weighted by Crippen LogP contribution is -2.28. The van der Waals surface area contributed by atoms with Gasteiger partial charge in [-0.2, -0.15) is 0 Å². The molecule has 0 aromatic rings. The zero-order valence-corrected chi connectivity index (χ0v) is 34.8. The van der Waals surface area contributed by atoms with Crippen LogP contribution in [0.3, 0.4) is 0 Å². The molecule has 0 saturated heterocycles. The Kier molecular flexibility index (Phi) is 42.0. The molecule has 0 aromatic heterocycles. The van der Waals surface area contributed by atoms with E-state index in [1.807, 2.05) is 0 Å². The zero-order valence-electron chi connectivity index (χ0n) is 34.8. The molecule has 1 atom stereocenters. The summed E-state index contributed by atoms with van der Waals surface area (Å²) in [5.41, 5.74) is 0. The van der Waals surface area contributed by atoms with Crippen LogP contribution in [-0.4, -0.2) is 36.4 Å². The van der Waals surface area contributed by atoms with Crippen LogP contribution in [0.25, 0.3) is 0 Å². The zero-order chi connectivity index (χ0) is 38.6. The number of unbranched alkanes of at least 4 members (excludes halogenated alkanes) is 22. The summed E-state index contributed by atoms with van der Waals surface area (Å²) < 4.78 is 10.5. The molecule has 0 bridgehead atoms. The third-order valence-electron chi connectivity index (χ3n) is 9.58. The highest BCUT2D eigenvalue weighted by molar-refractivity contribution is 5.70. The number of carbonyl (C=O) groups excluding carboxylic acids is 2. The lowest BCUT2D eigenvalue weighted by molar-refractivity contribution is -0.161. The highest BCUT2D eigenvalue weighted by atomic mass is 16.6. The van der Waals surface area contributed by atoms with Crippen molar-refractivity contribution in [1.82, 2.24) is 0 Å². The van der Waals surface area contributed by atoms with Crippen molar-refractivity contribution in [3.63, 3.8) is 0 Å². The standard InChI is InChI=1S/C48H84O5/c1-3-5-7-9-11-12-13-14-15-16-17-18-19-20-21-22-23-24-25-26-27-28-29-30-31-32-33-34-35-36-37-39-41-43-48(51)53-46(44-49)45-52-47(50)42-40-38-10-8-6-4-2/h5,7,11-12,14-15,17-18,20-21,46,49H,3-4,6,8-10,13,16,19,22-45H2,1-2H3/b7-5-,12-11-,15-14-,18-17-,21-20-. The number of aliphatic hydroxyl groups is 1. The summed E-state index contributed by atoms with van der Waals surface area (Å²) in [4.78, 5) is 24.1. The predicted octanol–water partition coefficient (Wildman–Crippen LogP) is 14.3. The van der Waals surface area contributed by atoms with E-state index in [0.29, 0.717) is 12.8 Å². The number of esters is 2. The van der Waals surface area contributed by atoms with Gasteiger partial charge in [-0.15, -0.1) is 0 Å². The number of hydrogen-bond donors (Lipinski definition) is 1. The van der Waals surface area contributed by atoms with Crippen molar-refractivity contribution in [2.75, 3.05) is 13.2 Å². The van der Waals surface area contributed by atoms with Crippen LogP contribution in [0.1, 0.15) is 213 Å². The van der Waals surface area contributed by atoms with Crippen LogP contribution < -0.4 is 0 Å². The van der Waals surface area contributed by atoms with Gasteiger partial charge in [0, 0.05) is 12.8 Å². The average Bonchev–Trinajstić information content (AvgIpc) is 3.16. The highest BCUT2D eigenvalue weighted by Gasteiger charge is 2.16. The maximum Gasteiger partial charge on any atom is 0.306 e. The fraction of sp³-hybridized carbons (Fsp3) is 0.750. The number of allylic oxidation sites excluding steroid dienone is 10. The molecule has 5 heteroatoms. The average molecular weight is 741 g/mol. The molecule has 0 rings (SSSR count). The monoisotopic (exact) mass is 741 g/mol. The summed E-state index contributed by atoms with van der Waals surface area (Å²) in [5.74, 6) is -0.597. The van der Waals surface area contributed by atoms with Gasteiger partial charge in [-0.05, 0) is 57.8 Å². The SMILES string of the molecule is CC/C=C\C/C=C\C/C=C\C/C=C\C/C=C\CCCCCCCCCCCCCCCCCCCC(=O)OC(CO)COC(=O)CCCCCCCC. The van der Waals surface area contributed by atoms with E-state index in [9.17, 15) is 14.7 Å². The largest absolute Gasteiger partial charge is 0.462 e. The van der Waals surface area contributed by atoms with Crippen LogP contribution in [0, 0.1) is 0 Å². The van der Waals surface area contributed by atoms with Crippen LogP contribution >= 0.6 is 0 Å². The summed E-state index contributed by atoms with van der Waals surface area (Å²) in [6, 6.07) is 0. The molecule has 0 amide bonds. The molecule has 0 spiro atoms. The van der Waals surface area contributed by atoms with E-state index in [4.69, 9.17) is 9.47 Å². The van der Waals surface area contributed by atoms with Crippen LogP contribution in [0.4, 0.5) is 0 Å². The molecule has 0 aliphatic heterocycles. The molecule has 0 heterocycles. The number of carbonyl (C=O) groups is 2. The Morgan fingerprint density at radius 2 is 0.811 bits per heavy atom. The molecule has 0 saturated carbocycles. The Morgan fingerprint density at radius 3 is 1.23 bits per heavy atom. The number of rotatable bonds is 40. The van der Waals surface area contributed by atoms with E-state index in [1.165, 1.54) is 116 Å². The molecular formula is C48H84O5. The van der Waals surface area contributed by atoms with Crippen LogP contribution in [0.5, 0.6) is 0 Å². The maximum absolute atomic E-state index is 12.1. The molecule has 1 N–H and O–H groups in total. The summed E-state index contributed by atoms with van der Waals surface area (Å²) >= 11 is 0. The fourth-order valence-corrected chi connectivity index (χ4v) is 6.23. The second-order valence-corrected chi connectivity index (χ2v) is 14.8. The molecule has 0 aliphatic carbocycles. The van der Waals surface area contributed by atoms with Gasteiger partial charge < -0.3 is 14.6 Å². The summed E-state index contributed by atoms with van der Waals surface area (Å²) in [5, 5.41) is 9.50. The predicted molar refractivity (Wildman–Crippen MR) is 228 cm³/mol. The van der Waals surface area contributed by atoms with Gasteiger partial charge in [0.15, 0.2) is 6.10 Å². The Morgan fingerprint density at radius 1 is 0.453 bits per heavy atom. The topological polar surface area (TPSA) is 72.8 Å². The van der Waals surface area contributed by atoms with E-state index in [0.717, 1.165) is 70.6 Å². The van der Waals surface area contributed by atoms with Crippen molar-refractivity contribution in [2.45, 2.75) is 219 Å². The molecule has 0 aromatic carbocycles. The first-order valence-electron chi connectivity index (χ1n) is 22.3. The minimum Gasteiger partial charge on any atom is -0.462 e. The number of ether oxygens (including phenoxy) is 2. The normalized spacial score (nSPS) is 12.7. The second-order valence-electron chi connectivity index (χ2n) is 14.8. The molecule has 1 unspecified atom stereocenters. The van der Waals surface area contributed by atoms with Crippen molar-refractivity contribution in [3.8, 4) is 0 Å². The van der Waals surface area contributed by atoms with Gasteiger partial charge in [0.05, 0.1) is 6.61 Å². The first-order valence-corrected chi connectivity index (χ1v) is 22.3. The molecule has 0 radical (unpaired) electrons. The molecule has 0 aliphatic rings. The van der Waals surface area contributed by atoms with Crippen molar-refractivity contribution < 1.29 is 24.2 Å². The van der Waals surface area contributed by atoms with Crippen LogP contribution in [0.2, 0.25) is 0 Å². The molecule has 0 fully saturated rings. The van der Waals surface area contributed by atoms with Gasteiger partial charge in [-0.1, -0.05) is 203 Å². The fourth-order valence-electron chi connectivity index (χ4n) is 6.23. The van der Waals surface area contributed by atoms with E-state index in [-0.39, 0.29) is 25.2 Å². The van der Waals surface area contributed by atoms with E-state index in [2.05, 4.69) is 74.6 Å². The summed E-state index contributed by atoms with van der Waals surface area (Å²) in [7, 11) is 0. The van der Waals surface area contributed by atoms with E-state index in [1.54, 1.807) is 0 Å². The van der Waals surface area contributed by atoms with Crippen LogP contribution in [-0.2, 0) is 19.1 Å². The van der Waals surface area contributed by atoms with Gasteiger partial charge in [-0.3, -0.25) is 9.59 Å². The summed E-state index contributed by atoms with van der Waals surface area (Å²) in [6.45, 7) is 3.96. The van der Waals surface area contributed by atoms with Gasteiger partial charge in [-0.25, -0.2) is 0 Å². The quantitative estimate of drug-likeness (QED) is 0.0385. The Labute approximate surface area is 328 Å². The molecule has 5 nitrogen and oxygen atoms in total.